The molecule has 0 amide bonds. The van der Waals surface area contributed by atoms with Crippen LogP contribution in [0.3, 0.4) is 0 Å². The van der Waals surface area contributed by atoms with E-state index < -0.39 is 30.4 Å². The number of aromatic nitrogens is 18. The number of hydrogen-bond acceptors (Lipinski definition) is 20. The number of halogens is 8. The van der Waals surface area contributed by atoms with Crippen LogP contribution in [0.5, 0.6) is 0 Å². The third kappa shape index (κ3) is 14.1. The number of ketones is 3. The first kappa shape index (κ1) is 67.7. The van der Waals surface area contributed by atoms with Crippen molar-refractivity contribution in [3.8, 4) is 32.4 Å². The standard InChI is InChI=1S/C23H22F3N7O.C21H20ClF2N7OS.C21H21F2N7OS/c1-14-5-4-9-32(14)22-29-20-12-15(8-10-33(20)30-22)11-18(34)21-16(13-27-31(21)2)17-6-3-7-19(28-17)23(24,25)26;1-11-4-3-6-30(11)21-26-15-9-12(5-7-31(15)28-21)8-14(32)17-13(10-25-29(17)2)20-27-16(19(23)24)18(22)33-20;1-12-4-3-6-29(12)21-26-17-9-13(5-7-30(17)27-21)8-16(31)18-14(10-24-28(18)2)20-25-15(11-32-20)19(22)23/h3,6-8,10,12-14H,4-5,9,11H2,1-2H3;5,7,9-11,19H,3-4,6,8H2,1-2H3;5,7,9-12,19H,3-4,6,8H2,1-2H3/t14-;11-;12-/m000/s1. The van der Waals surface area contributed by atoms with Crippen LogP contribution < -0.4 is 14.7 Å². The van der Waals surface area contributed by atoms with Gasteiger partial charge in [0.2, 0.25) is 17.8 Å². The molecule has 34 heteroatoms. The molecule has 3 atom stereocenters. The van der Waals surface area contributed by atoms with Crippen molar-refractivity contribution >= 4 is 86.4 Å². The Labute approximate surface area is 572 Å². The molecule has 3 fully saturated rings. The summed E-state index contributed by atoms with van der Waals surface area (Å²) < 4.78 is 101. The summed E-state index contributed by atoms with van der Waals surface area (Å²) >= 11 is 7.90. The van der Waals surface area contributed by atoms with E-state index in [1.165, 1.54) is 50.1 Å². The van der Waals surface area contributed by atoms with Gasteiger partial charge < -0.3 is 14.7 Å². The van der Waals surface area contributed by atoms with Crippen molar-refractivity contribution < 1.29 is 45.1 Å². The van der Waals surface area contributed by atoms with Gasteiger partial charge in [-0.3, -0.25) is 28.4 Å². The minimum Gasteiger partial charge on any atom is -0.337 e. The molecule has 0 saturated carbocycles. The fourth-order valence-corrected chi connectivity index (χ4v) is 14.5. The molecule has 15 rings (SSSR count). The predicted molar refractivity (Wildman–Crippen MR) is 356 cm³/mol. The van der Waals surface area contributed by atoms with Crippen molar-refractivity contribution in [2.24, 2.45) is 21.1 Å². The molecule has 3 saturated heterocycles. The van der Waals surface area contributed by atoms with Crippen LogP contribution in [0.4, 0.5) is 48.6 Å². The Morgan fingerprint density at radius 3 is 1.33 bits per heavy atom. The molecular formula is C65H63ClF7N21O3S2. The van der Waals surface area contributed by atoms with Crippen molar-refractivity contribution in [3.05, 3.63) is 152 Å². The third-order valence-corrected chi connectivity index (χ3v) is 19.9. The van der Waals surface area contributed by atoms with Crippen molar-refractivity contribution in [1.29, 1.82) is 0 Å². The quantitative estimate of drug-likeness (QED) is 0.0607. The fraction of sp³-hybridized carbons (Fsp3) is 0.369. The highest BCUT2D eigenvalue weighted by Gasteiger charge is 2.34. The van der Waals surface area contributed by atoms with Crippen molar-refractivity contribution in [1.82, 2.24) is 88.1 Å². The van der Waals surface area contributed by atoms with Crippen LogP contribution in [0.1, 0.15) is 137 Å². The number of alkyl halides is 7. The lowest BCUT2D eigenvalue weighted by Crippen LogP contribution is -2.27. The van der Waals surface area contributed by atoms with E-state index in [-0.39, 0.29) is 74.3 Å². The number of hydrogen-bond donors (Lipinski definition) is 0. The summed E-state index contributed by atoms with van der Waals surface area (Å²) in [6.07, 6.45) is 6.55. The number of Topliss-reactive ketones (excluding diaryl/α,β-unsaturated/α-hetero) is 3. The average Bonchev–Trinajstić information content (AvgIpc) is 1.67. The van der Waals surface area contributed by atoms with Gasteiger partial charge in [-0.1, -0.05) is 17.7 Å². The first-order chi connectivity index (χ1) is 47.4. The highest BCUT2D eigenvalue weighted by molar-refractivity contribution is 7.19. The second-order valence-corrected chi connectivity index (χ2v) is 26.9. The summed E-state index contributed by atoms with van der Waals surface area (Å²) in [5, 5.41) is 28.0. The van der Waals surface area contributed by atoms with Gasteiger partial charge in [0.25, 0.3) is 12.9 Å². The van der Waals surface area contributed by atoms with Gasteiger partial charge in [0.15, 0.2) is 34.3 Å². The molecule has 0 bridgehead atoms. The van der Waals surface area contributed by atoms with Crippen molar-refractivity contribution in [2.75, 3.05) is 34.3 Å². The van der Waals surface area contributed by atoms with Gasteiger partial charge in [-0.2, -0.15) is 43.4 Å². The lowest BCUT2D eigenvalue weighted by atomic mass is 10.0. The molecule has 12 aromatic rings. The minimum atomic E-state index is -4.58. The molecule has 24 nitrogen and oxygen atoms in total. The predicted octanol–water partition coefficient (Wildman–Crippen LogP) is 12.5. The lowest BCUT2D eigenvalue weighted by molar-refractivity contribution is -0.141. The molecular weight excluding hydrogens is 1360 g/mol. The first-order valence-corrected chi connectivity index (χ1v) is 33.7. The van der Waals surface area contributed by atoms with Gasteiger partial charge in [-0.15, -0.1) is 38.0 Å². The minimum absolute atomic E-state index is 0.0320. The van der Waals surface area contributed by atoms with E-state index in [9.17, 15) is 45.1 Å². The number of carbonyl (C=O) groups is 3. The fourth-order valence-electron chi connectivity index (χ4n) is 12.6. The highest BCUT2D eigenvalue weighted by Crippen LogP contribution is 2.39. The summed E-state index contributed by atoms with van der Waals surface area (Å²) in [4.78, 5) is 71.6. The largest absolute Gasteiger partial charge is 0.433 e. The van der Waals surface area contributed by atoms with Crippen LogP contribution in [0.15, 0.2) is 97.2 Å². The second-order valence-electron chi connectivity index (χ2n) is 24.5. The zero-order valence-corrected chi connectivity index (χ0v) is 56.5. The molecule has 3 aliphatic heterocycles. The van der Waals surface area contributed by atoms with Gasteiger partial charge in [-0.25, -0.2) is 46.1 Å². The normalized spacial score (nSPS) is 16.5. The molecule has 0 spiro atoms. The maximum absolute atomic E-state index is 13.2. The summed E-state index contributed by atoms with van der Waals surface area (Å²) in [7, 11) is 4.87. The monoisotopic (exact) mass is 1420 g/mol. The number of nitrogens with zero attached hydrogens (tertiary/aromatic N) is 21. The van der Waals surface area contributed by atoms with Crippen LogP contribution in [-0.2, 0) is 46.6 Å². The Balaban J connectivity index is 0.000000133. The van der Waals surface area contributed by atoms with Gasteiger partial charge in [0.05, 0.1) is 35.4 Å². The van der Waals surface area contributed by atoms with Gasteiger partial charge >= 0.3 is 6.18 Å². The molecule has 0 radical (unpaired) electrons. The topological polar surface area (TPSA) is 244 Å². The summed E-state index contributed by atoms with van der Waals surface area (Å²) in [5.41, 5.74) is 4.40. The number of pyridine rings is 4. The molecule has 0 aliphatic carbocycles. The number of rotatable bonds is 17. The molecule has 15 heterocycles. The van der Waals surface area contributed by atoms with E-state index in [0.717, 1.165) is 104 Å². The zero-order valence-electron chi connectivity index (χ0n) is 54.1. The van der Waals surface area contributed by atoms with E-state index in [1.807, 2.05) is 24.3 Å². The van der Waals surface area contributed by atoms with Crippen LogP contribution in [0, 0.1) is 0 Å². The van der Waals surface area contributed by atoms with Gasteiger partial charge in [-0.05, 0) is 125 Å². The Hall–Kier alpha value is -9.89. The van der Waals surface area contributed by atoms with Crippen molar-refractivity contribution in [2.45, 2.75) is 116 Å². The van der Waals surface area contributed by atoms with E-state index in [0.29, 0.717) is 74.7 Å². The molecule has 3 aliphatic rings. The summed E-state index contributed by atoms with van der Waals surface area (Å²) in [6, 6.07) is 15.7. The maximum Gasteiger partial charge on any atom is 0.433 e. The smallest absolute Gasteiger partial charge is 0.337 e. The third-order valence-electron chi connectivity index (χ3n) is 17.6. The summed E-state index contributed by atoms with van der Waals surface area (Å²) in [5.74, 6) is 1.38. The first-order valence-electron chi connectivity index (χ1n) is 31.7. The number of anilines is 3. The zero-order chi connectivity index (χ0) is 69.7. The SMILES string of the molecule is C[C@H]1CCCN1c1nc2cc(CC(=O)c3c(-c4cccc(C(F)(F)F)n4)cnn3C)ccn2n1.C[C@H]1CCCN1c1nc2cc(CC(=O)c3c(-c4nc(C(F)F)c(Cl)s4)cnn3C)ccn2n1.C[C@H]1CCCN1c1nc2cc(CC(=O)c3c(-c4nc(C(F)F)cs4)cnn3C)ccn2n1. The number of fused-ring (bicyclic) bond motifs is 3. The molecule has 0 aromatic carbocycles. The van der Waals surface area contributed by atoms with E-state index in [4.69, 9.17) is 11.6 Å². The molecule has 99 heavy (non-hydrogen) atoms. The van der Waals surface area contributed by atoms with Crippen LogP contribution in [0.2, 0.25) is 4.34 Å². The molecule has 0 N–H and O–H groups in total. The van der Waals surface area contributed by atoms with E-state index in [2.05, 4.69) is 96.0 Å². The van der Waals surface area contributed by atoms with Crippen molar-refractivity contribution in [3.63, 3.8) is 0 Å². The van der Waals surface area contributed by atoms with Gasteiger partial charge in [0.1, 0.15) is 48.5 Å². The molecule has 0 unspecified atom stereocenters. The molecule has 514 valence electrons. The van der Waals surface area contributed by atoms with Crippen LogP contribution in [-0.4, -0.2) is 143 Å². The Bertz CT molecular complexity index is 4990. The average molecular weight is 1420 g/mol. The Kier molecular flexibility index (Phi) is 19.0. The van der Waals surface area contributed by atoms with Gasteiger partial charge in [0, 0.05) is 108 Å². The van der Waals surface area contributed by atoms with E-state index in [1.54, 1.807) is 65.4 Å². The maximum atomic E-state index is 13.2. The Morgan fingerprint density at radius 2 is 0.960 bits per heavy atom. The van der Waals surface area contributed by atoms with Crippen LogP contribution >= 0.6 is 34.3 Å². The number of thiazole rings is 2. The number of carbonyl (C=O) groups excluding carboxylic acids is 3. The Morgan fingerprint density at radius 1 is 0.545 bits per heavy atom. The second kappa shape index (κ2) is 27.8. The lowest BCUT2D eigenvalue weighted by Gasteiger charge is -2.18. The molecule has 12 aromatic heterocycles. The van der Waals surface area contributed by atoms with E-state index >= 15 is 0 Å². The highest BCUT2D eigenvalue weighted by atomic mass is 35.5. The van der Waals surface area contributed by atoms with Crippen LogP contribution in [0.25, 0.3) is 49.3 Å². The number of aryl methyl sites for hydroxylation is 3. The summed E-state index contributed by atoms with van der Waals surface area (Å²) in [6.45, 7) is 9.26.